The summed E-state index contributed by atoms with van der Waals surface area (Å²) in [5.74, 6) is 0.791. The van der Waals surface area contributed by atoms with E-state index in [1.165, 1.54) is 6.42 Å². The predicted octanol–water partition coefficient (Wildman–Crippen LogP) is 1.20. The van der Waals surface area contributed by atoms with Crippen molar-refractivity contribution in [3.63, 3.8) is 0 Å². The third kappa shape index (κ3) is 2.58. The lowest BCUT2D eigenvalue weighted by atomic mass is 10.0. The molecule has 86 valence electrons. The molecular formula is C12H21NO2. The summed E-state index contributed by atoms with van der Waals surface area (Å²) in [6, 6.07) is 0.363. The van der Waals surface area contributed by atoms with Gasteiger partial charge in [-0.3, -0.25) is 9.69 Å². The Hall–Kier alpha value is -0.410. The van der Waals surface area contributed by atoms with Crippen LogP contribution in [0.4, 0.5) is 0 Å². The van der Waals surface area contributed by atoms with Crippen LogP contribution >= 0.6 is 0 Å². The second kappa shape index (κ2) is 5.08. The third-order valence-electron chi connectivity index (χ3n) is 3.91. The number of likely N-dealkylation sites (tertiary alicyclic amines) is 1. The van der Waals surface area contributed by atoms with Gasteiger partial charge in [0.2, 0.25) is 0 Å². The van der Waals surface area contributed by atoms with Crippen LogP contribution in [0.1, 0.15) is 38.5 Å². The average Bonchev–Trinajstić information content (AvgIpc) is 2.83. The highest BCUT2D eigenvalue weighted by Gasteiger charge is 2.28. The summed E-state index contributed by atoms with van der Waals surface area (Å²) < 4.78 is 0. The molecule has 3 nitrogen and oxygen atoms in total. The number of hydrogen-bond acceptors (Lipinski definition) is 3. The lowest BCUT2D eigenvalue weighted by molar-refractivity contribution is -0.120. The molecule has 2 aliphatic rings. The van der Waals surface area contributed by atoms with Crippen molar-refractivity contribution in [2.24, 2.45) is 5.92 Å². The van der Waals surface area contributed by atoms with E-state index in [9.17, 15) is 9.90 Å². The first-order valence-corrected chi connectivity index (χ1v) is 6.19. The fourth-order valence-corrected chi connectivity index (χ4v) is 2.91. The van der Waals surface area contributed by atoms with Crippen LogP contribution in [-0.4, -0.2) is 41.5 Å². The molecule has 0 spiro atoms. The molecule has 0 bridgehead atoms. The number of carbonyl (C=O) groups is 1. The molecular weight excluding hydrogens is 190 g/mol. The van der Waals surface area contributed by atoms with Crippen molar-refractivity contribution in [2.45, 2.75) is 44.6 Å². The van der Waals surface area contributed by atoms with Crippen molar-refractivity contribution >= 4 is 5.78 Å². The fraction of sp³-hybridized carbons (Fsp3) is 0.917. The normalized spacial score (nSPS) is 32.7. The van der Waals surface area contributed by atoms with E-state index in [4.69, 9.17) is 0 Å². The Morgan fingerprint density at radius 3 is 2.87 bits per heavy atom. The largest absolute Gasteiger partial charge is 0.395 e. The van der Waals surface area contributed by atoms with Gasteiger partial charge in [0.1, 0.15) is 5.78 Å². The first-order valence-electron chi connectivity index (χ1n) is 6.19. The summed E-state index contributed by atoms with van der Waals surface area (Å²) in [4.78, 5) is 13.8. The molecule has 15 heavy (non-hydrogen) atoms. The Bertz CT molecular complexity index is 230. The highest BCUT2D eigenvalue weighted by Crippen LogP contribution is 2.26. The van der Waals surface area contributed by atoms with Crippen LogP contribution in [0.5, 0.6) is 0 Å². The zero-order valence-corrected chi connectivity index (χ0v) is 9.32. The summed E-state index contributed by atoms with van der Waals surface area (Å²) in [5.41, 5.74) is 0. The van der Waals surface area contributed by atoms with Crippen LogP contribution in [0.25, 0.3) is 0 Å². The minimum absolute atomic E-state index is 0.276. The lowest BCUT2D eigenvalue weighted by Gasteiger charge is -2.23. The number of ketones is 1. The van der Waals surface area contributed by atoms with Gasteiger partial charge < -0.3 is 5.11 Å². The molecule has 0 amide bonds. The highest BCUT2D eigenvalue weighted by atomic mass is 16.3. The number of Topliss-reactive ketones (excluding diaryl/α,β-unsaturated/α-hetero) is 1. The van der Waals surface area contributed by atoms with Gasteiger partial charge in [-0.2, -0.15) is 0 Å². The van der Waals surface area contributed by atoms with Crippen LogP contribution in [0.15, 0.2) is 0 Å². The van der Waals surface area contributed by atoms with Gasteiger partial charge in [0.15, 0.2) is 0 Å². The van der Waals surface area contributed by atoms with Crippen molar-refractivity contribution in [1.82, 2.24) is 4.90 Å². The Balaban J connectivity index is 1.75. The van der Waals surface area contributed by atoms with Gasteiger partial charge in [0.25, 0.3) is 0 Å². The van der Waals surface area contributed by atoms with Crippen LogP contribution < -0.4 is 0 Å². The summed E-state index contributed by atoms with van der Waals surface area (Å²) in [6.45, 7) is 2.38. The molecule has 0 aromatic carbocycles. The van der Waals surface area contributed by atoms with Gasteiger partial charge in [-0.05, 0) is 45.2 Å². The van der Waals surface area contributed by atoms with Crippen LogP contribution in [0.2, 0.25) is 0 Å². The molecule has 1 saturated heterocycles. The van der Waals surface area contributed by atoms with Gasteiger partial charge in [0.05, 0.1) is 6.61 Å². The molecule has 2 unspecified atom stereocenters. The topological polar surface area (TPSA) is 40.5 Å². The third-order valence-corrected chi connectivity index (χ3v) is 3.91. The molecule has 2 atom stereocenters. The van der Waals surface area contributed by atoms with Crippen molar-refractivity contribution in [3.05, 3.63) is 0 Å². The van der Waals surface area contributed by atoms with Gasteiger partial charge in [0, 0.05) is 18.4 Å². The minimum Gasteiger partial charge on any atom is -0.395 e. The molecule has 1 heterocycles. The summed E-state index contributed by atoms with van der Waals surface area (Å²) in [6.07, 6.45) is 6.31. The second-order valence-corrected chi connectivity index (χ2v) is 4.86. The summed E-state index contributed by atoms with van der Waals surface area (Å²) in [5, 5.41) is 9.17. The quantitative estimate of drug-likeness (QED) is 0.759. The van der Waals surface area contributed by atoms with E-state index in [1.807, 2.05) is 0 Å². The SMILES string of the molecule is O=C1CCCC1CCN1CCCC1CO. The second-order valence-electron chi connectivity index (χ2n) is 4.86. The number of carbonyl (C=O) groups excluding carboxylic acids is 1. The van der Waals surface area contributed by atoms with Gasteiger partial charge in [-0.15, -0.1) is 0 Å². The van der Waals surface area contributed by atoms with E-state index < -0.39 is 0 Å². The van der Waals surface area contributed by atoms with E-state index in [1.54, 1.807) is 0 Å². The molecule has 3 heteroatoms. The maximum Gasteiger partial charge on any atom is 0.136 e. The minimum atomic E-state index is 0.276. The fourth-order valence-electron chi connectivity index (χ4n) is 2.91. The maximum atomic E-state index is 11.5. The maximum absolute atomic E-state index is 11.5. The number of aliphatic hydroxyl groups is 1. The van der Waals surface area contributed by atoms with Crippen molar-refractivity contribution in [2.75, 3.05) is 19.7 Å². The first kappa shape index (κ1) is 11.1. The molecule has 2 fully saturated rings. The van der Waals surface area contributed by atoms with Crippen molar-refractivity contribution in [1.29, 1.82) is 0 Å². The van der Waals surface area contributed by atoms with Crippen molar-refractivity contribution in [3.8, 4) is 0 Å². The van der Waals surface area contributed by atoms with Crippen LogP contribution in [-0.2, 0) is 4.79 Å². The summed E-state index contributed by atoms with van der Waals surface area (Å²) in [7, 11) is 0. The Kier molecular flexibility index (Phi) is 3.76. The van der Waals surface area contributed by atoms with E-state index >= 15 is 0 Å². The van der Waals surface area contributed by atoms with E-state index in [2.05, 4.69) is 4.90 Å². The molecule has 2 rings (SSSR count). The van der Waals surface area contributed by atoms with Gasteiger partial charge in [-0.1, -0.05) is 0 Å². The monoisotopic (exact) mass is 211 g/mol. The number of rotatable bonds is 4. The van der Waals surface area contributed by atoms with Crippen LogP contribution in [0, 0.1) is 5.92 Å². The molecule has 0 radical (unpaired) electrons. The predicted molar refractivity (Wildman–Crippen MR) is 58.6 cm³/mol. The average molecular weight is 211 g/mol. The number of aliphatic hydroxyl groups excluding tert-OH is 1. The van der Waals surface area contributed by atoms with Gasteiger partial charge >= 0.3 is 0 Å². The van der Waals surface area contributed by atoms with Crippen molar-refractivity contribution < 1.29 is 9.90 Å². The Labute approximate surface area is 91.5 Å². The Morgan fingerprint density at radius 1 is 1.33 bits per heavy atom. The molecule has 0 aromatic rings. The molecule has 1 aliphatic heterocycles. The standard InChI is InChI=1S/C12H21NO2/c14-9-11-4-2-7-13(11)8-6-10-3-1-5-12(10)15/h10-11,14H,1-9H2. The van der Waals surface area contributed by atoms with Gasteiger partial charge in [-0.25, -0.2) is 0 Å². The summed E-state index contributed by atoms with van der Waals surface area (Å²) >= 11 is 0. The smallest absolute Gasteiger partial charge is 0.136 e. The van der Waals surface area contributed by atoms with E-state index in [0.29, 0.717) is 17.7 Å². The molecule has 1 aliphatic carbocycles. The first-order chi connectivity index (χ1) is 7.31. The molecule has 0 aromatic heterocycles. The lowest BCUT2D eigenvalue weighted by Crippen LogP contribution is -2.34. The number of nitrogens with zero attached hydrogens (tertiary/aromatic N) is 1. The molecule has 1 saturated carbocycles. The highest BCUT2D eigenvalue weighted by molar-refractivity contribution is 5.82. The Morgan fingerprint density at radius 2 is 2.20 bits per heavy atom. The molecule has 1 N–H and O–H groups in total. The van der Waals surface area contributed by atoms with E-state index in [0.717, 1.165) is 45.2 Å². The van der Waals surface area contributed by atoms with E-state index in [-0.39, 0.29) is 6.61 Å². The zero-order valence-electron chi connectivity index (χ0n) is 9.32. The zero-order chi connectivity index (χ0) is 10.7. The number of hydrogen-bond donors (Lipinski definition) is 1. The van der Waals surface area contributed by atoms with Crippen LogP contribution in [0.3, 0.4) is 0 Å².